The van der Waals surface area contributed by atoms with Gasteiger partial charge in [0, 0.05) is 6.54 Å². The van der Waals surface area contributed by atoms with Crippen LogP contribution < -0.4 is 10.9 Å². The first-order chi connectivity index (χ1) is 9.10. The molecule has 0 atom stereocenters. The van der Waals surface area contributed by atoms with E-state index in [1.807, 2.05) is 0 Å². The Morgan fingerprint density at radius 2 is 2.26 bits per heavy atom. The lowest BCUT2D eigenvalue weighted by Gasteiger charge is -2.09. The van der Waals surface area contributed by atoms with Gasteiger partial charge in [-0.15, -0.1) is 0 Å². The number of aryl methyl sites for hydroxylation is 1. The third-order valence-corrected chi connectivity index (χ3v) is 3.20. The highest BCUT2D eigenvalue weighted by Crippen LogP contribution is 2.15. The first-order valence-electron chi connectivity index (χ1n) is 6.25. The molecule has 0 aliphatic heterocycles. The summed E-state index contributed by atoms with van der Waals surface area (Å²) in [6.45, 7) is 4.72. The fraction of sp³-hybridized carbons (Fsp3) is 0.583. The molecule has 1 aromatic heterocycles. The standard InChI is InChI=1S/C12H18BrN3O3/c1-3-5-6-16-12(18)11(13)9(7-15-16)14-8-10(17)19-4-2/h7,14H,3-6,8H2,1-2H3. The zero-order valence-corrected chi connectivity index (χ0v) is 12.7. The van der Waals surface area contributed by atoms with Crippen LogP contribution in [0.25, 0.3) is 0 Å². The second-order valence-corrected chi connectivity index (χ2v) is 4.71. The molecule has 0 spiro atoms. The van der Waals surface area contributed by atoms with Crippen LogP contribution in [-0.2, 0) is 16.1 Å². The number of unbranched alkanes of at least 4 members (excludes halogenated alkanes) is 1. The lowest BCUT2D eigenvalue weighted by molar-refractivity contribution is -0.140. The number of carbonyl (C=O) groups is 1. The molecular formula is C12H18BrN3O3. The van der Waals surface area contributed by atoms with Crippen LogP contribution in [0, 0.1) is 0 Å². The third-order valence-electron chi connectivity index (χ3n) is 2.44. The molecule has 6 nitrogen and oxygen atoms in total. The quantitative estimate of drug-likeness (QED) is 0.771. The number of hydrogen-bond donors (Lipinski definition) is 1. The van der Waals surface area contributed by atoms with Gasteiger partial charge < -0.3 is 10.1 Å². The van der Waals surface area contributed by atoms with E-state index in [1.54, 1.807) is 6.92 Å². The second-order valence-electron chi connectivity index (χ2n) is 3.91. The molecule has 19 heavy (non-hydrogen) atoms. The summed E-state index contributed by atoms with van der Waals surface area (Å²) >= 11 is 3.22. The van der Waals surface area contributed by atoms with Gasteiger partial charge in [-0.1, -0.05) is 13.3 Å². The largest absolute Gasteiger partial charge is 0.465 e. The molecule has 0 aliphatic rings. The summed E-state index contributed by atoms with van der Waals surface area (Å²) in [6.07, 6.45) is 3.42. The van der Waals surface area contributed by atoms with Crippen molar-refractivity contribution in [1.29, 1.82) is 0 Å². The highest BCUT2D eigenvalue weighted by atomic mass is 79.9. The zero-order valence-electron chi connectivity index (χ0n) is 11.1. The molecule has 0 aliphatic carbocycles. The van der Waals surface area contributed by atoms with E-state index >= 15 is 0 Å². The Morgan fingerprint density at radius 3 is 2.89 bits per heavy atom. The Morgan fingerprint density at radius 1 is 1.53 bits per heavy atom. The normalized spacial score (nSPS) is 10.3. The smallest absolute Gasteiger partial charge is 0.325 e. The minimum Gasteiger partial charge on any atom is -0.465 e. The molecule has 1 aromatic rings. The van der Waals surface area contributed by atoms with Gasteiger partial charge in [-0.25, -0.2) is 4.68 Å². The Bertz CT molecular complexity index is 488. The van der Waals surface area contributed by atoms with Gasteiger partial charge in [-0.05, 0) is 29.3 Å². The summed E-state index contributed by atoms with van der Waals surface area (Å²) < 4.78 is 6.57. The number of hydrogen-bond acceptors (Lipinski definition) is 5. The van der Waals surface area contributed by atoms with E-state index in [0.717, 1.165) is 12.8 Å². The first-order valence-corrected chi connectivity index (χ1v) is 7.04. The van der Waals surface area contributed by atoms with Crippen molar-refractivity contribution >= 4 is 27.6 Å². The van der Waals surface area contributed by atoms with Gasteiger partial charge in [0.15, 0.2) is 0 Å². The van der Waals surface area contributed by atoms with E-state index in [9.17, 15) is 9.59 Å². The Hall–Kier alpha value is -1.37. The summed E-state index contributed by atoms with van der Waals surface area (Å²) in [7, 11) is 0. The monoisotopic (exact) mass is 331 g/mol. The van der Waals surface area contributed by atoms with Crippen molar-refractivity contribution in [3.8, 4) is 0 Å². The number of carbonyl (C=O) groups excluding carboxylic acids is 1. The number of ether oxygens (including phenoxy) is 1. The summed E-state index contributed by atoms with van der Waals surface area (Å²) in [5.41, 5.74) is 0.285. The minimum absolute atomic E-state index is 0.00648. The maximum Gasteiger partial charge on any atom is 0.325 e. The van der Waals surface area contributed by atoms with Gasteiger partial charge >= 0.3 is 5.97 Å². The van der Waals surface area contributed by atoms with Crippen molar-refractivity contribution in [3.63, 3.8) is 0 Å². The predicted octanol–water partition coefficient (Wildman–Crippen LogP) is 1.78. The van der Waals surface area contributed by atoms with Crippen LogP contribution in [0.15, 0.2) is 15.5 Å². The van der Waals surface area contributed by atoms with Gasteiger partial charge in [-0.2, -0.15) is 5.10 Å². The van der Waals surface area contributed by atoms with Crippen molar-refractivity contribution in [1.82, 2.24) is 9.78 Å². The van der Waals surface area contributed by atoms with E-state index in [2.05, 4.69) is 33.3 Å². The molecule has 1 N–H and O–H groups in total. The first kappa shape index (κ1) is 15.7. The van der Waals surface area contributed by atoms with Crippen molar-refractivity contribution in [3.05, 3.63) is 21.0 Å². The molecule has 0 unspecified atom stereocenters. The number of rotatable bonds is 7. The Kier molecular flexibility index (Phi) is 6.55. The summed E-state index contributed by atoms with van der Waals surface area (Å²) in [6, 6.07) is 0. The molecule has 7 heteroatoms. The van der Waals surface area contributed by atoms with Crippen molar-refractivity contribution in [2.75, 3.05) is 18.5 Å². The van der Waals surface area contributed by atoms with Crippen LogP contribution in [0.5, 0.6) is 0 Å². The van der Waals surface area contributed by atoms with Crippen molar-refractivity contribution in [2.24, 2.45) is 0 Å². The Balaban J connectivity index is 2.73. The maximum atomic E-state index is 12.0. The number of esters is 1. The van der Waals surface area contributed by atoms with E-state index in [4.69, 9.17) is 4.74 Å². The van der Waals surface area contributed by atoms with Crippen LogP contribution >= 0.6 is 15.9 Å². The van der Waals surface area contributed by atoms with Gasteiger partial charge in [-0.3, -0.25) is 9.59 Å². The number of nitrogens with zero attached hydrogens (tertiary/aromatic N) is 2. The summed E-state index contributed by atoms with van der Waals surface area (Å²) in [5, 5.41) is 6.88. The average molecular weight is 332 g/mol. The van der Waals surface area contributed by atoms with Gasteiger partial charge in [0.05, 0.1) is 18.5 Å². The third kappa shape index (κ3) is 4.66. The number of aromatic nitrogens is 2. The van der Waals surface area contributed by atoms with Crippen molar-refractivity contribution < 1.29 is 9.53 Å². The van der Waals surface area contributed by atoms with Crippen LogP contribution in [0.4, 0.5) is 5.69 Å². The molecular weight excluding hydrogens is 314 g/mol. The van der Waals surface area contributed by atoms with Gasteiger partial charge in [0.25, 0.3) is 5.56 Å². The molecule has 0 bridgehead atoms. The minimum atomic E-state index is -0.371. The van der Waals surface area contributed by atoms with E-state index in [1.165, 1.54) is 10.9 Å². The SMILES string of the molecule is CCCCn1ncc(NCC(=O)OCC)c(Br)c1=O. The van der Waals surface area contributed by atoms with Crippen molar-refractivity contribution in [2.45, 2.75) is 33.2 Å². The molecule has 0 radical (unpaired) electrons. The van der Waals surface area contributed by atoms with Gasteiger partial charge in [0.1, 0.15) is 11.0 Å². The average Bonchev–Trinajstić information content (AvgIpc) is 2.40. The highest BCUT2D eigenvalue weighted by molar-refractivity contribution is 9.10. The fourth-order valence-electron chi connectivity index (χ4n) is 1.43. The predicted molar refractivity (Wildman–Crippen MR) is 76.2 cm³/mol. The lowest BCUT2D eigenvalue weighted by Crippen LogP contribution is -2.25. The number of nitrogens with one attached hydrogen (secondary N) is 1. The van der Waals surface area contributed by atoms with Crippen LogP contribution in [0.2, 0.25) is 0 Å². The van der Waals surface area contributed by atoms with Crippen LogP contribution in [0.3, 0.4) is 0 Å². The topological polar surface area (TPSA) is 73.2 Å². The zero-order chi connectivity index (χ0) is 14.3. The molecule has 0 saturated heterocycles. The molecule has 106 valence electrons. The highest BCUT2D eigenvalue weighted by Gasteiger charge is 2.10. The van der Waals surface area contributed by atoms with Gasteiger partial charge in [0.2, 0.25) is 0 Å². The maximum absolute atomic E-state index is 12.0. The van der Waals surface area contributed by atoms with Crippen LogP contribution in [0.1, 0.15) is 26.7 Å². The molecule has 0 saturated carbocycles. The number of anilines is 1. The second kappa shape index (κ2) is 7.93. The van der Waals surface area contributed by atoms with E-state index in [0.29, 0.717) is 23.3 Å². The Labute approximate surface area is 120 Å². The molecule has 1 heterocycles. The number of halogens is 1. The summed E-state index contributed by atoms with van der Waals surface area (Å²) in [5.74, 6) is -0.371. The molecule has 0 amide bonds. The molecule has 0 aromatic carbocycles. The molecule has 0 fully saturated rings. The van der Waals surface area contributed by atoms with E-state index in [-0.39, 0.29) is 18.1 Å². The van der Waals surface area contributed by atoms with Crippen LogP contribution in [-0.4, -0.2) is 28.9 Å². The van der Waals surface area contributed by atoms with E-state index < -0.39 is 0 Å². The molecule has 1 rings (SSSR count). The summed E-state index contributed by atoms with van der Waals surface area (Å²) in [4.78, 5) is 23.2. The fourth-order valence-corrected chi connectivity index (χ4v) is 1.88. The lowest BCUT2D eigenvalue weighted by atomic mass is 10.3.